The molecule has 0 aliphatic carbocycles. The highest BCUT2D eigenvalue weighted by atomic mass is 35.5. The first-order valence-electron chi connectivity index (χ1n) is 3.46. The summed E-state index contributed by atoms with van der Waals surface area (Å²) in [6.45, 7) is 0.437. The molecule has 0 spiro atoms. The van der Waals surface area contributed by atoms with E-state index in [1.54, 1.807) is 19.2 Å². The Morgan fingerprint density at radius 2 is 2.17 bits per heavy atom. The number of hydroxylamine groups is 1. The topological polar surface area (TPSA) is 21.3 Å². The van der Waals surface area contributed by atoms with Crippen molar-refractivity contribution >= 4 is 23.2 Å². The van der Waals surface area contributed by atoms with Gasteiger partial charge in [-0.15, -0.1) is 0 Å². The lowest BCUT2D eigenvalue weighted by Gasteiger charge is -2.03. The van der Waals surface area contributed by atoms with Crippen LogP contribution in [0.5, 0.6) is 0 Å². The quantitative estimate of drug-likeness (QED) is 0.767. The van der Waals surface area contributed by atoms with E-state index < -0.39 is 0 Å². The van der Waals surface area contributed by atoms with Crippen molar-refractivity contribution in [1.29, 1.82) is 0 Å². The zero-order valence-corrected chi connectivity index (χ0v) is 8.12. The van der Waals surface area contributed by atoms with Crippen molar-refractivity contribution in [2.24, 2.45) is 0 Å². The fraction of sp³-hybridized carbons (Fsp3) is 0.250. The van der Waals surface area contributed by atoms with Crippen LogP contribution >= 0.6 is 23.2 Å². The van der Waals surface area contributed by atoms with Crippen LogP contribution in [0, 0.1) is 0 Å². The second-order valence-electron chi connectivity index (χ2n) is 2.23. The molecule has 0 aliphatic rings. The predicted molar refractivity (Wildman–Crippen MR) is 50.3 cm³/mol. The minimum absolute atomic E-state index is 0.437. The maximum Gasteiger partial charge on any atom is 0.0947 e. The first kappa shape index (κ1) is 9.81. The Kier molecular flexibility index (Phi) is 3.82. The van der Waals surface area contributed by atoms with Gasteiger partial charge >= 0.3 is 0 Å². The fourth-order valence-corrected chi connectivity index (χ4v) is 1.25. The van der Waals surface area contributed by atoms with Gasteiger partial charge in [0.25, 0.3) is 0 Å². The summed E-state index contributed by atoms with van der Waals surface area (Å²) in [5, 5.41) is 1.26. The molecule has 2 nitrogen and oxygen atoms in total. The van der Waals surface area contributed by atoms with Gasteiger partial charge in [-0.25, -0.2) is 5.48 Å². The predicted octanol–water partition coefficient (Wildman–Crippen LogP) is 2.64. The van der Waals surface area contributed by atoms with Gasteiger partial charge in [0, 0.05) is 17.1 Å². The molecule has 0 atom stereocenters. The van der Waals surface area contributed by atoms with Crippen molar-refractivity contribution in [3.05, 3.63) is 33.8 Å². The van der Waals surface area contributed by atoms with Crippen molar-refractivity contribution in [2.45, 2.75) is 6.61 Å². The van der Waals surface area contributed by atoms with Gasteiger partial charge < -0.3 is 0 Å². The molecule has 1 N–H and O–H groups in total. The van der Waals surface area contributed by atoms with Gasteiger partial charge in [-0.3, -0.25) is 4.84 Å². The molecule has 0 aromatic heterocycles. The molecule has 0 bridgehead atoms. The zero-order chi connectivity index (χ0) is 8.97. The van der Waals surface area contributed by atoms with Crippen LogP contribution in [0.1, 0.15) is 5.56 Å². The van der Waals surface area contributed by atoms with Crippen molar-refractivity contribution < 1.29 is 4.84 Å². The van der Waals surface area contributed by atoms with Gasteiger partial charge in [-0.05, 0) is 17.7 Å². The van der Waals surface area contributed by atoms with Gasteiger partial charge in [0.2, 0.25) is 0 Å². The van der Waals surface area contributed by atoms with Crippen LogP contribution in [0.3, 0.4) is 0 Å². The molecule has 0 fully saturated rings. The van der Waals surface area contributed by atoms with Crippen LogP contribution in [0.25, 0.3) is 0 Å². The minimum Gasteiger partial charge on any atom is -0.297 e. The molecular weight excluding hydrogens is 197 g/mol. The van der Waals surface area contributed by atoms with Crippen molar-refractivity contribution in [3.63, 3.8) is 0 Å². The van der Waals surface area contributed by atoms with Gasteiger partial charge in [-0.1, -0.05) is 29.3 Å². The first-order valence-corrected chi connectivity index (χ1v) is 4.22. The molecule has 1 aromatic carbocycles. The third-order valence-corrected chi connectivity index (χ3v) is 1.97. The zero-order valence-electron chi connectivity index (χ0n) is 6.60. The van der Waals surface area contributed by atoms with E-state index in [4.69, 9.17) is 28.0 Å². The van der Waals surface area contributed by atoms with Gasteiger partial charge in [0.15, 0.2) is 0 Å². The molecule has 0 radical (unpaired) electrons. The summed E-state index contributed by atoms with van der Waals surface area (Å²) < 4.78 is 0. The van der Waals surface area contributed by atoms with E-state index in [9.17, 15) is 0 Å². The molecule has 0 saturated carbocycles. The van der Waals surface area contributed by atoms with Crippen molar-refractivity contribution in [1.82, 2.24) is 5.48 Å². The fourth-order valence-electron chi connectivity index (χ4n) is 0.789. The Balaban J connectivity index is 2.72. The molecule has 0 heterocycles. The number of nitrogens with one attached hydrogen (secondary N) is 1. The smallest absolute Gasteiger partial charge is 0.0947 e. The number of halogens is 2. The third kappa shape index (κ3) is 2.64. The standard InChI is InChI=1S/C8H9Cl2NO/c1-11-12-5-6-2-3-7(9)4-8(6)10/h2-4,11H,5H2,1H3. The highest BCUT2D eigenvalue weighted by Gasteiger charge is 2.00. The average Bonchev–Trinajstić information content (AvgIpc) is 2.03. The van der Waals surface area contributed by atoms with Crippen LogP contribution in [0.15, 0.2) is 18.2 Å². The molecule has 1 aromatic rings. The summed E-state index contributed by atoms with van der Waals surface area (Å²) in [6, 6.07) is 5.31. The summed E-state index contributed by atoms with van der Waals surface area (Å²) in [6.07, 6.45) is 0. The lowest BCUT2D eigenvalue weighted by atomic mass is 10.2. The number of hydrogen-bond donors (Lipinski definition) is 1. The van der Waals surface area contributed by atoms with Crippen LogP contribution in [-0.2, 0) is 11.4 Å². The second-order valence-corrected chi connectivity index (χ2v) is 3.07. The summed E-state index contributed by atoms with van der Waals surface area (Å²) in [4.78, 5) is 4.96. The molecule has 0 saturated heterocycles. The van der Waals surface area contributed by atoms with Crippen LogP contribution in [-0.4, -0.2) is 7.05 Å². The molecule has 0 amide bonds. The Hall–Kier alpha value is -0.280. The van der Waals surface area contributed by atoms with Crippen molar-refractivity contribution in [3.8, 4) is 0 Å². The van der Waals surface area contributed by atoms with Crippen LogP contribution in [0.2, 0.25) is 10.0 Å². The lowest BCUT2D eigenvalue weighted by Crippen LogP contribution is -2.06. The highest BCUT2D eigenvalue weighted by molar-refractivity contribution is 6.35. The van der Waals surface area contributed by atoms with E-state index >= 15 is 0 Å². The first-order chi connectivity index (χ1) is 5.74. The highest BCUT2D eigenvalue weighted by Crippen LogP contribution is 2.21. The molecule has 0 aliphatic heterocycles. The van der Waals surface area contributed by atoms with Gasteiger partial charge in [-0.2, -0.15) is 0 Å². The third-order valence-electron chi connectivity index (χ3n) is 1.39. The Labute approximate surface area is 81.4 Å². The Morgan fingerprint density at radius 1 is 1.42 bits per heavy atom. The summed E-state index contributed by atoms with van der Waals surface area (Å²) in [5.74, 6) is 0. The van der Waals surface area contributed by atoms with E-state index in [0.717, 1.165) is 5.56 Å². The summed E-state index contributed by atoms with van der Waals surface area (Å²) >= 11 is 11.6. The van der Waals surface area contributed by atoms with E-state index in [2.05, 4.69) is 5.48 Å². The average molecular weight is 206 g/mol. The van der Waals surface area contributed by atoms with E-state index in [0.29, 0.717) is 16.7 Å². The molecule has 1 rings (SSSR count). The number of benzene rings is 1. The number of hydrogen-bond acceptors (Lipinski definition) is 2. The lowest BCUT2D eigenvalue weighted by molar-refractivity contribution is 0.0445. The molecular formula is C8H9Cl2NO. The molecule has 0 unspecified atom stereocenters. The largest absolute Gasteiger partial charge is 0.297 e. The minimum atomic E-state index is 0.437. The van der Waals surface area contributed by atoms with E-state index in [1.807, 2.05) is 6.07 Å². The SMILES string of the molecule is CNOCc1ccc(Cl)cc1Cl. The molecule has 4 heteroatoms. The number of rotatable bonds is 3. The van der Waals surface area contributed by atoms with Crippen LogP contribution in [0.4, 0.5) is 0 Å². The second kappa shape index (κ2) is 4.67. The van der Waals surface area contributed by atoms with E-state index in [-0.39, 0.29) is 0 Å². The maximum atomic E-state index is 5.87. The molecule has 12 heavy (non-hydrogen) atoms. The van der Waals surface area contributed by atoms with Gasteiger partial charge in [0.1, 0.15) is 0 Å². The Bertz CT molecular complexity index is 265. The maximum absolute atomic E-state index is 5.87. The summed E-state index contributed by atoms with van der Waals surface area (Å²) in [5.41, 5.74) is 3.48. The van der Waals surface area contributed by atoms with E-state index in [1.165, 1.54) is 0 Å². The Morgan fingerprint density at radius 3 is 2.75 bits per heavy atom. The van der Waals surface area contributed by atoms with Gasteiger partial charge in [0.05, 0.1) is 6.61 Å². The van der Waals surface area contributed by atoms with Crippen LogP contribution < -0.4 is 5.48 Å². The summed E-state index contributed by atoms with van der Waals surface area (Å²) in [7, 11) is 1.70. The van der Waals surface area contributed by atoms with Crippen molar-refractivity contribution in [2.75, 3.05) is 7.05 Å². The monoisotopic (exact) mass is 205 g/mol. The molecule has 66 valence electrons. The normalized spacial score (nSPS) is 10.2.